The summed E-state index contributed by atoms with van der Waals surface area (Å²) in [5, 5.41) is 12.5. The number of nitrogens with one attached hydrogen (secondary N) is 1. The summed E-state index contributed by atoms with van der Waals surface area (Å²) in [5.74, 6) is 0.960. The van der Waals surface area contributed by atoms with Gasteiger partial charge in [-0.1, -0.05) is 72.4 Å². The fourth-order valence-electron chi connectivity index (χ4n) is 3.27. The van der Waals surface area contributed by atoms with Crippen molar-refractivity contribution in [3.05, 3.63) is 90.5 Å². The van der Waals surface area contributed by atoms with E-state index in [1.165, 1.54) is 11.8 Å². The van der Waals surface area contributed by atoms with Crippen molar-refractivity contribution < 1.29 is 4.79 Å². The van der Waals surface area contributed by atoms with Crippen molar-refractivity contribution in [2.24, 2.45) is 0 Å². The zero-order chi connectivity index (χ0) is 22.3. The molecule has 0 saturated heterocycles. The van der Waals surface area contributed by atoms with E-state index in [1.54, 1.807) is 0 Å². The number of benzene rings is 3. The van der Waals surface area contributed by atoms with Crippen LogP contribution in [0.4, 0.5) is 5.69 Å². The molecule has 0 aliphatic heterocycles. The largest absolute Gasteiger partial charge is 0.378 e. The number of thioether (sulfide) groups is 1. The van der Waals surface area contributed by atoms with Gasteiger partial charge in [-0.2, -0.15) is 0 Å². The highest BCUT2D eigenvalue weighted by atomic mass is 32.2. The van der Waals surface area contributed by atoms with E-state index < -0.39 is 0 Å². The third kappa shape index (κ3) is 5.18. The Labute approximate surface area is 192 Å². The minimum atomic E-state index is -0.0471. The van der Waals surface area contributed by atoms with E-state index in [0.29, 0.717) is 11.7 Å². The topological polar surface area (TPSA) is 63.1 Å². The first-order chi connectivity index (χ1) is 15.6. The molecule has 0 saturated carbocycles. The molecule has 1 amide bonds. The Morgan fingerprint density at radius 3 is 2.38 bits per heavy atom. The van der Waals surface area contributed by atoms with Crippen molar-refractivity contribution in [3.8, 4) is 17.1 Å². The van der Waals surface area contributed by atoms with Gasteiger partial charge in [0.05, 0.1) is 5.75 Å². The summed E-state index contributed by atoms with van der Waals surface area (Å²) in [6.45, 7) is 0.488. The van der Waals surface area contributed by atoms with E-state index >= 15 is 0 Å². The lowest BCUT2D eigenvalue weighted by molar-refractivity contribution is -0.118. The van der Waals surface area contributed by atoms with Crippen LogP contribution in [0.15, 0.2) is 90.1 Å². The molecule has 0 atom stereocenters. The van der Waals surface area contributed by atoms with Crippen molar-refractivity contribution in [2.45, 2.75) is 11.7 Å². The highest BCUT2D eigenvalue weighted by Crippen LogP contribution is 2.27. The van der Waals surface area contributed by atoms with Gasteiger partial charge in [0.15, 0.2) is 11.0 Å². The van der Waals surface area contributed by atoms with Gasteiger partial charge < -0.3 is 10.2 Å². The monoisotopic (exact) mass is 443 g/mol. The molecular formula is C25H25N5OS. The van der Waals surface area contributed by atoms with Crippen LogP contribution < -0.4 is 10.2 Å². The number of aromatic nitrogens is 3. The summed E-state index contributed by atoms with van der Waals surface area (Å²) >= 11 is 1.38. The lowest BCUT2D eigenvalue weighted by Crippen LogP contribution is -2.24. The molecule has 0 radical (unpaired) electrons. The standard InChI is InChI=1S/C25H25N5OS/c1-29(2)22-15-9-10-19(16-22)17-26-23(31)18-32-25-28-27-24(20-11-5-3-6-12-20)30(25)21-13-7-4-8-14-21/h3-16H,17-18H2,1-2H3,(H,26,31). The minimum absolute atomic E-state index is 0.0471. The van der Waals surface area contributed by atoms with Crippen LogP contribution in [-0.2, 0) is 11.3 Å². The maximum atomic E-state index is 12.5. The predicted molar refractivity (Wildman–Crippen MR) is 130 cm³/mol. The highest BCUT2D eigenvalue weighted by molar-refractivity contribution is 7.99. The summed E-state index contributed by atoms with van der Waals surface area (Å²) < 4.78 is 1.99. The first-order valence-electron chi connectivity index (χ1n) is 10.3. The Hall–Kier alpha value is -3.58. The van der Waals surface area contributed by atoms with Gasteiger partial charge in [0, 0.05) is 37.6 Å². The molecule has 32 heavy (non-hydrogen) atoms. The number of carbonyl (C=O) groups is 1. The molecule has 3 aromatic carbocycles. The first-order valence-corrected chi connectivity index (χ1v) is 11.3. The maximum absolute atomic E-state index is 12.5. The first kappa shape index (κ1) is 21.6. The number of amides is 1. The zero-order valence-corrected chi connectivity index (χ0v) is 18.9. The second-order valence-corrected chi connectivity index (χ2v) is 8.42. The van der Waals surface area contributed by atoms with Crippen molar-refractivity contribution in [1.29, 1.82) is 0 Å². The third-order valence-corrected chi connectivity index (χ3v) is 5.86. The Balaban J connectivity index is 1.47. The van der Waals surface area contributed by atoms with Crippen LogP contribution in [0.5, 0.6) is 0 Å². The van der Waals surface area contributed by atoms with Crippen LogP contribution in [0.1, 0.15) is 5.56 Å². The number of hydrogen-bond acceptors (Lipinski definition) is 5. The van der Waals surface area contributed by atoms with Crippen LogP contribution in [-0.4, -0.2) is 40.5 Å². The predicted octanol–water partition coefficient (Wildman–Crippen LogP) is 4.41. The number of para-hydroxylation sites is 1. The summed E-state index contributed by atoms with van der Waals surface area (Å²) in [4.78, 5) is 14.6. The van der Waals surface area contributed by atoms with E-state index in [-0.39, 0.29) is 11.7 Å². The Morgan fingerprint density at radius 1 is 0.938 bits per heavy atom. The molecule has 0 bridgehead atoms. The average molecular weight is 444 g/mol. The highest BCUT2D eigenvalue weighted by Gasteiger charge is 2.17. The number of anilines is 1. The lowest BCUT2D eigenvalue weighted by Gasteiger charge is -2.14. The SMILES string of the molecule is CN(C)c1cccc(CNC(=O)CSc2nnc(-c3ccccc3)n2-c2ccccc2)c1. The normalized spacial score (nSPS) is 10.7. The Kier molecular flexibility index (Phi) is 6.87. The molecule has 4 aromatic rings. The Bertz CT molecular complexity index is 1180. The lowest BCUT2D eigenvalue weighted by atomic mass is 10.2. The summed E-state index contributed by atoms with van der Waals surface area (Å²) in [7, 11) is 4.00. The molecule has 6 nitrogen and oxygen atoms in total. The molecule has 0 aliphatic carbocycles. The van der Waals surface area contributed by atoms with Gasteiger partial charge in [0.2, 0.25) is 5.91 Å². The quantitative estimate of drug-likeness (QED) is 0.409. The van der Waals surface area contributed by atoms with Crippen molar-refractivity contribution in [1.82, 2.24) is 20.1 Å². The van der Waals surface area contributed by atoms with Crippen LogP contribution in [0.3, 0.4) is 0 Å². The van der Waals surface area contributed by atoms with E-state index in [0.717, 1.165) is 28.3 Å². The van der Waals surface area contributed by atoms with Gasteiger partial charge in [-0.15, -0.1) is 10.2 Å². The molecule has 1 heterocycles. The molecule has 0 spiro atoms. The molecule has 4 rings (SSSR count). The van der Waals surface area contributed by atoms with Gasteiger partial charge in [-0.3, -0.25) is 9.36 Å². The number of carbonyl (C=O) groups excluding carboxylic acids is 1. The van der Waals surface area contributed by atoms with Gasteiger partial charge in [-0.05, 0) is 29.8 Å². The van der Waals surface area contributed by atoms with Crippen molar-refractivity contribution in [2.75, 3.05) is 24.7 Å². The average Bonchev–Trinajstić information content (AvgIpc) is 3.26. The summed E-state index contributed by atoms with van der Waals surface area (Å²) in [6, 6.07) is 28.0. The minimum Gasteiger partial charge on any atom is -0.378 e. The second-order valence-electron chi connectivity index (χ2n) is 7.47. The molecule has 0 fully saturated rings. The molecule has 0 unspecified atom stereocenters. The van der Waals surface area contributed by atoms with E-state index in [1.807, 2.05) is 102 Å². The van der Waals surface area contributed by atoms with E-state index in [2.05, 4.69) is 21.6 Å². The zero-order valence-electron chi connectivity index (χ0n) is 18.1. The van der Waals surface area contributed by atoms with Gasteiger partial charge in [0.1, 0.15) is 0 Å². The van der Waals surface area contributed by atoms with E-state index in [9.17, 15) is 4.79 Å². The molecule has 7 heteroatoms. The Morgan fingerprint density at radius 2 is 1.66 bits per heavy atom. The van der Waals surface area contributed by atoms with Crippen LogP contribution >= 0.6 is 11.8 Å². The van der Waals surface area contributed by atoms with Crippen molar-refractivity contribution >= 4 is 23.4 Å². The molecule has 162 valence electrons. The smallest absolute Gasteiger partial charge is 0.230 e. The number of nitrogens with zero attached hydrogens (tertiary/aromatic N) is 4. The van der Waals surface area contributed by atoms with Crippen LogP contribution in [0.2, 0.25) is 0 Å². The number of hydrogen-bond donors (Lipinski definition) is 1. The molecule has 0 aliphatic rings. The van der Waals surface area contributed by atoms with Gasteiger partial charge in [-0.25, -0.2) is 0 Å². The van der Waals surface area contributed by atoms with Crippen LogP contribution in [0, 0.1) is 0 Å². The number of rotatable bonds is 8. The van der Waals surface area contributed by atoms with Gasteiger partial charge in [0.25, 0.3) is 0 Å². The second kappa shape index (κ2) is 10.2. The summed E-state index contributed by atoms with van der Waals surface area (Å²) in [6.07, 6.45) is 0. The molecular weight excluding hydrogens is 418 g/mol. The molecule has 1 aromatic heterocycles. The summed E-state index contributed by atoms with van der Waals surface area (Å²) in [5.41, 5.74) is 4.10. The van der Waals surface area contributed by atoms with E-state index in [4.69, 9.17) is 0 Å². The maximum Gasteiger partial charge on any atom is 0.230 e. The van der Waals surface area contributed by atoms with Gasteiger partial charge >= 0.3 is 0 Å². The molecule has 1 N–H and O–H groups in total. The van der Waals surface area contributed by atoms with Crippen molar-refractivity contribution in [3.63, 3.8) is 0 Å². The van der Waals surface area contributed by atoms with Crippen LogP contribution in [0.25, 0.3) is 17.1 Å². The fourth-order valence-corrected chi connectivity index (χ4v) is 4.06. The third-order valence-electron chi connectivity index (χ3n) is 4.93. The fraction of sp³-hybridized carbons (Fsp3) is 0.160.